The minimum absolute atomic E-state index is 0.734. The van der Waals surface area contributed by atoms with Crippen LogP contribution in [0.2, 0.25) is 0 Å². The molecule has 0 aliphatic carbocycles. The van der Waals surface area contributed by atoms with Crippen LogP contribution in [0.4, 0.5) is 5.69 Å². The smallest absolute Gasteiger partial charge is 0.128 e. The maximum absolute atomic E-state index is 4.35. The van der Waals surface area contributed by atoms with Gasteiger partial charge in [0, 0.05) is 31.3 Å². The number of aromatic nitrogens is 3. The molecule has 1 N–H and O–H groups in total. The maximum Gasteiger partial charge on any atom is 0.128 e. The Morgan fingerprint density at radius 2 is 2.24 bits per heavy atom. The molecule has 2 aromatic rings. The summed E-state index contributed by atoms with van der Waals surface area (Å²) in [6, 6.07) is 2.08. The fourth-order valence-corrected chi connectivity index (χ4v) is 1.78. The highest BCUT2D eigenvalue weighted by Crippen LogP contribution is 2.09. The van der Waals surface area contributed by atoms with Crippen molar-refractivity contribution in [2.45, 2.75) is 33.4 Å². The van der Waals surface area contributed by atoms with Gasteiger partial charge in [0.05, 0.1) is 12.2 Å². The minimum atomic E-state index is 0.734. The predicted molar refractivity (Wildman–Crippen MR) is 68.8 cm³/mol. The molecule has 4 heteroatoms. The number of nitrogens with one attached hydrogen (secondary N) is 1. The van der Waals surface area contributed by atoms with Crippen LogP contribution in [0.3, 0.4) is 0 Å². The van der Waals surface area contributed by atoms with E-state index in [1.807, 2.05) is 31.7 Å². The van der Waals surface area contributed by atoms with Crippen molar-refractivity contribution in [1.29, 1.82) is 0 Å². The minimum Gasteiger partial charge on any atom is -0.377 e. The van der Waals surface area contributed by atoms with Gasteiger partial charge in [0.2, 0.25) is 0 Å². The highest BCUT2D eigenvalue weighted by atomic mass is 15.1. The molecule has 0 atom stereocenters. The highest BCUT2D eigenvalue weighted by molar-refractivity contribution is 5.42. The summed E-state index contributed by atoms with van der Waals surface area (Å²) in [5.74, 6) is 1.06. The lowest BCUT2D eigenvalue weighted by molar-refractivity contribution is 0.644. The van der Waals surface area contributed by atoms with Gasteiger partial charge in [-0.15, -0.1) is 0 Å². The Balaban J connectivity index is 1.99. The van der Waals surface area contributed by atoms with Crippen molar-refractivity contribution in [2.24, 2.45) is 0 Å². The van der Waals surface area contributed by atoms with Crippen LogP contribution < -0.4 is 5.32 Å². The molecule has 0 saturated heterocycles. The summed E-state index contributed by atoms with van der Waals surface area (Å²) in [6.45, 7) is 5.96. The van der Waals surface area contributed by atoms with Crippen molar-refractivity contribution >= 4 is 5.69 Å². The van der Waals surface area contributed by atoms with Gasteiger partial charge in [0.25, 0.3) is 0 Å². The van der Waals surface area contributed by atoms with Crippen LogP contribution in [0.5, 0.6) is 0 Å². The first kappa shape index (κ1) is 11.6. The second-order valence-electron chi connectivity index (χ2n) is 4.14. The van der Waals surface area contributed by atoms with E-state index in [-0.39, 0.29) is 0 Å². The number of nitrogens with zero attached hydrogens (tertiary/aromatic N) is 3. The summed E-state index contributed by atoms with van der Waals surface area (Å²) in [6.07, 6.45) is 8.68. The van der Waals surface area contributed by atoms with E-state index < -0.39 is 0 Å². The van der Waals surface area contributed by atoms with Gasteiger partial charge < -0.3 is 9.88 Å². The van der Waals surface area contributed by atoms with Crippen LogP contribution in [-0.2, 0) is 13.1 Å². The molecule has 90 valence electrons. The van der Waals surface area contributed by atoms with Crippen molar-refractivity contribution in [1.82, 2.24) is 14.5 Å². The van der Waals surface area contributed by atoms with Gasteiger partial charge in [-0.05, 0) is 25.0 Å². The van der Waals surface area contributed by atoms with Crippen LogP contribution in [0.1, 0.15) is 24.7 Å². The molecule has 0 aliphatic heterocycles. The fraction of sp³-hybridized carbons (Fsp3) is 0.385. The first-order chi connectivity index (χ1) is 8.29. The number of anilines is 1. The zero-order chi connectivity index (χ0) is 12.1. The summed E-state index contributed by atoms with van der Waals surface area (Å²) < 4.78 is 2.18. The number of aryl methyl sites for hydroxylation is 2. The number of rotatable bonds is 5. The predicted octanol–water partition coefficient (Wildman–Crippen LogP) is 2.61. The van der Waals surface area contributed by atoms with E-state index in [1.54, 1.807) is 0 Å². The molecule has 0 radical (unpaired) electrons. The number of hydrogen-bond donors (Lipinski definition) is 1. The summed E-state index contributed by atoms with van der Waals surface area (Å²) in [5.41, 5.74) is 2.20. The first-order valence-corrected chi connectivity index (χ1v) is 5.95. The molecule has 2 rings (SSSR count). The lowest BCUT2D eigenvalue weighted by Crippen LogP contribution is -2.08. The Morgan fingerprint density at radius 1 is 1.35 bits per heavy atom. The van der Waals surface area contributed by atoms with E-state index in [0.29, 0.717) is 0 Å². The average molecular weight is 230 g/mol. The summed E-state index contributed by atoms with van der Waals surface area (Å²) in [7, 11) is 0. The third-order valence-electron chi connectivity index (χ3n) is 2.59. The van der Waals surface area contributed by atoms with E-state index in [0.717, 1.165) is 36.6 Å². The van der Waals surface area contributed by atoms with Crippen molar-refractivity contribution in [2.75, 3.05) is 5.32 Å². The normalized spacial score (nSPS) is 10.5. The first-order valence-electron chi connectivity index (χ1n) is 5.95. The van der Waals surface area contributed by atoms with E-state index >= 15 is 0 Å². The third-order valence-corrected chi connectivity index (χ3v) is 2.59. The van der Waals surface area contributed by atoms with Gasteiger partial charge >= 0.3 is 0 Å². The molecular weight excluding hydrogens is 212 g/mol. The number of pyridine rings is 1. The lowest BCUT2D eigenvalue weighted by Gasteiger charge is -2.08. The number of hydrogen-bond acceptors (Lipinski definition) is 3. The Labute approximate surface area is 102 Å². The van der Waals surface area contributed by atoms with Gasteiger partial charge in [0.15, 0.2) is 0 Å². The van der Waals surface area contributed by atoms with Crippen molar-refractivity contribution in [3.05, 3.63) is 42.2 Å². The summed E-state index contributed by atoms with van der Waals surface area (Å²) >= 11 is 0. The molecule has 17 heavy (non-hydrogen) atoms. The SMILES string of the molecule is CCCn1ccnc1CNc1cncc(C)c1. The standard InChI is InChI=1S/C13H18N4/c1-3-5-17-6-4-15-13(17)10-16-12-7-11(2)8-14-9-12/h4,6-9,16H,3,5,10H2,1-2H3. The molecular formula is C13H18N4. The molecule has 0 bridgehead atoms. The summed E-state index contributed by atoms with van der Waals surface area (Å²) in [5, 5.41) is 3.34. The molecule has 0 saturated carbocycles. The van der Waals surface area contributed by atoms with Gasteiger partial charge in [0.1, 0.15) is 5.82 Å². The van der Waals surface area contributed by atoms with Crippen LogP contribution >= 0.6 is 0 Å². The van der Waals surface area contributed by atoms with Crippen LogP contribution in [-0.4, -0.2) is 14.5 Å². The van der Waals surface area contributed by atoms with E-state index in [1.165, 1.54) is 0 Å². The Morgan fingerprint density at radius 3 is 3.00 bits per heavy atom. The quantitative estimate of drug-likeness (QED) is 0.858. The molecule has 2 aromatic heterocycles. The average Bonchev–Trinajstić information content (AvgIpc) is 2.75. The second kappa shape index (κ2) is 5.48. The van der Waals surface area contributed by atoms with Crippen molar-refractivity contribution in [3.8, 4) is 0 Å². The van der Waals surface area contributed by atoms with Gasteiger partial charge in [-0.25, -0.2) is 4.98 Å². The van der Waals surface area contributed by atoms with Crippen LogP contribution in [0.25, 0.3) is 0 Å². The third kappa shape index (κ3) is 3.06. The van der Waals surface area contributed by atoms with Crippen molar-refractivity contribution < 1.29 is 0 Å². The largest absolute Gasteiger partial charge is 0.377 e. The number of imidazole rings is 1. The topological polar surface area (TPSA) is 42.7 Å². The fourth-order valence-electron chi connectivity index (χ4n) is 1.78. The van der Waals surface area contributed by atoms with Crippen LogP contribution in [0.15, 0.2) is 30.9 Å². The monoisotopic (exact) mass is 230 g/mol. The van der Waals surface area contributed by atoms with E-state index in [4.69, 9.17) is 0 Å². The molecule has 2 heterocycles. The Hall–Kier alpha value is -1.84. The Kier molecular flexibility index (Phi) is 3.75. The lowest BCUT2D eigenvalue weighted by atomic mass is 10.3. The maximum atomic E-state index is 4.35. The van der Waals surface area contributed by atoms with Gasteiger partial charge in [-0.2, -0.15) is 0 Å². The van der Waals surface area contributed by atoms with Gasteiger partial charge in [-0.3, -0.25) is 4.98 Å². The Bertz CT molecular complexity index is 476. The molecule has 0 aliphatic rings. The molecule has 0 spiro atoms. The van der Waals surface area contributed by atoms with E-state index in [9.17, 15) is 0 Å². The zero-order valence-corrected chi connectivity index (χ0v) is 10.3. The molecule has 0 aromatic carbocycles. The summed E-state index contributed by atoms with van der Waals surface area (Å²) in [4.78, 5) is 8.51. The van der Waals surface area contributed by atoms with Gasteiger partial charge in [-0.1, -0.05) is 6.92 Å². The zero-order valence-electron chi connectivity index (χ0n) is 10.3. The van der Waals surface area contributed by atoms with E-state index in [2.05, 4.69) is 32.8 Å². The molecule has 4 nitrogen and oxygen atoms in total. The molecule has 0 amide bonds. The molecule has 0 unspecified atom stereocenters. The van der Waals surface area contributed by atoms with Crippen LogP contribution in [0, 0.1) is 6.92 Å². The van der Waals surface area contributed by atoms with Crippen molar-refractivity contribution in [3.63, 3.8) is 0 Å². The molecule has 0 fully saturated rings. The second-order valence-corrected chi connectivity index (χ2v) is 4.14. The highest BCUT2D eigenvalue weighted by Gasteiger charge is 2.01.